The van der Waals surface area contributed by atoms with E-state index in [9.17, 15) is 28.0 Å². The van der Waals surface area contributed by atoms with Gasteiger partial charge in [-0.25, -0.2) is 0 Å². The molecule has 10 heteroatoms. The average molecular weight is 521 g/mol. The summed E-state index contributed by atoms with van der Waals surface area (Å²) in [7, 11) is 0. The van der Waals surface area contributed by atoms with Crippen LogP contribution in [0.25, 0.3) is 22.0 Å². The molecular formula is C28H23F3N4O3. The van der Waals surface area contributed by atoms with Crippen LogP contribution in [0.4, 0.5) is 18.9 Å². The molecule has 194 valence electrons. The molecule has 0 aliphatic heterocycles. The van der Waals surface area contributed by atoms with Crippen LogP contribution in [0.5, 0.6) is 5.75 Å². The highest BCUT2D eigenvalue weighted by molar-refractivity contribution is 5.99. The third-order valence-electron chi connectivity index (χ3n) is 5.78. The van der Waals surface area contributed by atoms with Gasteiger partial charge in [-0.3, -0.25) is 9.59 Å². The van der Waals surface area contributed by atoms with Crippen molar-refractivity contribution in [3.63, 3.8) is 0 Å². The zero-order chi connectivity index (χ0) is 27.3. The minimum Gasteiger partial charge on any atom is -0.405 e. The van der Waals surface area contributed by atoms with E-state index in [1.54, 1.807) is 30.5 Å². The van der Waals surface area contributed by atoms with Gasteiger partial charge in [0.1, 0.15) is 5.75 Å². The lowest BCUT2D eigenvalue weighted by Crippen LogP contribution is -2.36. The minimum atomic E-state index is -5.02. The number of aromatic nitrogens is 1. The van der Waals surface area contributed by atoms with Crippen LogP contribution < -0.4 is 15.4 Å². The quantitative estimate of drug-likeness (QED) is 0.267. The Labute approximate surface area is 216 Å². The SMILES string of the molecule is CC(=O)Nc1cccc(-c2ccc(OC(F)(F)F)c(C(=O)NC(CC#N)Cc3c[nH]c4ccccc34)c2)c1. The van der Waals surface area contributed by atoms with Crippen molar-refractivity contribution in [3.05, 3.63) is 84.1 Å². The smallest absolute Gasteiger partial charge is 0.405 e. The summed E-state index contributed by atoms with van der Waals surface area (Å²) >= 11 is 0. The Balaban J connectivity index is 1.65. The van der Waals surface area contributed by atoms with E-state index in [2.05, 4.69) is 20.4 Å². The minimum absolute atomic E-state index is 0.0564. The summed E-state index contributed by atoms with van der Waals surface area (Å²) in [4.78, 5) is 27.8. The first-order chi connectivity index (χ1) is 18.1. The Hall–Kier alpha value is -4.78. The van der Waals surface area contributed by atoms with Gasteiger partial charge in [-0.2, -0.15) is 5.26 Å². The van der Waals surface area contributed by atoms with E-state index >= 15 is 0 Å². The molecule has 3 aromatic carbocycles. The standard InChI is InChI=1S/C28H23F3N4O3/c1-17(36)34-21-6-4-5-18(13-21)19-9-10-26(38-28(29,30)31)24(15-19)27(37)35-22(11-12-32)14-20-16-33-25-8-3-2-7-23(20)25/h2-10,13,15-16,22,33H,11,14H2,1H3,(H,34,36)(H,35,37). The molecular weight excluding hydrogens is 497 g/mol. The molecule has 1 atom stereocenters. The van der Waals surface area contributed by atoms with E-state index in [-0.39, 0.29) is 24.3 Å². The van der Waals surface area contributed by atoms with Gasteiger partial charge in [0.15, 0.2) is 0 Å². The maximum atomic E-state index is 13.3. The molecule has 4 rings (SSSR count). The first kappa shape index (κ1) is 26.3. The predicted octanol–water partition coefficient (Wildman–Crippen LogP) is 5.95. The first-order valence-electron chi connectivity index (χ1n) is 11.6. The zero-order valence-corrected chi connectivity index (χ0v) is 20.2. The van der Waals surface area contributed by atoms with Crippen LogP contribution in [-0.2, 0) is 11.2 Å². The van der Waals surface area contributed by atoms with Crippen LogP contribution in [0.2, 0.25) is 0 Å². The number of ether oxygens (including phenoxy) is 1. The van der Waals surface area contributed by atoms with Gasteiger partial charge in [0.2, 0.25) is 5.91 Å². The molecule has 0 saturated carbocycles. The highest BCUT2D eigenvalue weighted by Gasteiger charge is 2.33. The fourth-order valence-electron chi connectivity index (χ4n) is 4.19. The van der Waals surface area contributed by atoms with E-state index in [0.717, 1.165) is 22.5 Å². The number of nitrogens with zero attached hydrogens (tertiary/aromatic N) is 1. The highest BCUT2D eigenvalue weighted by Crippen LogP contribution is 2.32. The van der Waals surface area contributed by atoms with Crippen molar-refractivity contribution >= 4 is 28.4 Å². The van der Waals surface area contributed by atoms with Crippen LogP contribution in [-0.4, -0.2) is 29.2 Å². The fraction of sp³-hybridized carbons (Fsp3) is 0.179. The summed E-state index contributed by atoms with van der Waals surface area (Å²) in [5.41, 5.74) is 2.90. The Kier molecular flexibility index (Phi) is 7.67. The number of carbonyl (C=O) groups is 2. The number of halogens is 3. The largest absolute Gasteiger partial charge is 0.573 e. The number of anilines is 1. The highest BCUT2D eigenvalue weighted by atomic mass is 19.4. The number of carbonyl (C=O) groups excluding carboxylic acids is 2. The Morgan fingerprint density at radius 3 is 2.55 bits per heavy atom. The molecule has 0 radical (unpaired) electrons. The van der Waals surface area contributed by atoms with Crippen LogP contribution in [0.1, 0.15) is 29.3 Å². The number of para-hydroxylation sites is 1. The molecule has 0 spiro atoms. The third kappa shape index (κ3) is 6.50. The number of hydrogen-bond donors (Lipinski definition) is 3. The molecule has 4 aromatic rings. The zero-order valence-electron chi connectivity index (χ0n) is 20.2. The Morgan fingerprint density at radius 1 is 1.05 bits per heavy atom. The normalized spacial score (nSPS) is 12.0. The van der Waals surface area contributed by atoms with Gasteiger partial charge in [0.05, 0.1) is 18.1 Å². The fourth-order valence-corrected chi connectivity index (χ4v) is 4.19. The van der Waals surface area contributed by atoms with Crippen molar-refractivity contribution in [2.45, 2.75) is 32.2 Å². The molecule has 0 fully saturated rings. The molecule has 0 bridgehead atoms. The molecule has 3 N–H and O–H groups in total. The van der Waals surface area contributed by atoms with Gasteiger partial charge >= 0.3 is 6.36 Å². The number of aromatic amines is 1. The number of alkyl halides is 3. The number of hydrogen-bond acceptors (Lipinski definition) is 4. The molecule has 2 amide bonds. The molecule has 1 unspecified atom stereocenters. The Bertz CT molecular complexity index is 1520. The van der Waals surface area contributed by atoms with E-state index < -0.39 is 24.1 Å². The van der Waals surface area contributed by atoms with Gasteiger partial charge in [0, 0.05) is 35.8 Å². The van der Waals surface area contributed by atoms with E-state index in [0.29, 0.717) is 16.8 Å². The predicted molar refractivity (Wildman–Crippen MR) is 136 cm³/mol. The number of amides is 2. The number of rotatable bonds is 8. The number of nitrogens with one attached hydrogen (secondary N) is 3. The van der Waals surface area contributed by atoms with Crippen molar-refractivity contribution in [3.8, 4) is 22.9 Å². The summed E-state index contributed by atoms with van der Waals surface area (Å²) in [6.45, 7) is 1.35. The summed E-state index contributed by atoms with van der Waals surface area (Å²) in [5, 5.41) is 15.6. The van der Waals surface area contributed by atoms with E-state index in [1.165, 1.54) is 19.1 Å². The average Bonchev–Trinajstić information content (AvgIpc) is 3.26. The number of nitriles is 1. The summed E-state index contributed by atoms with van der Waals surface area (Å²) in [5.74, 6) is -1.77. The van der Waals surface area contributed by atoms with E-state index in [1.807, 2.05) is 30.3 Å². The number of H-pyrrole nitrogens is 1. The van der Waals surface area contributed by atoms with Gasteiger partial charge in [-0.1, -0.05) is 36.4 Å². The lowest BCUT2D eigenvalue weighted by atomic mass is 10.00. The first-order valence-corrected chi connectivity index (χ1v) is 11.6. The van der Waals surface area contributed by atoms with Crippen LogP contribution in [0.3, 0.4) is 0 Å². The summed E-state index contributed by atoms with van der Waals surface area (Å²) < 4.78 is 43.5. The van der Waals surface area contributed by atoms with Crippen molar-refractivity contribution in [2.75, 3.05) is 5.32 Å². The molecule has 0 aliphatic rings. The Morgan fingerprint density at radius 2 is 1.82 bits per heavy atom. The number of benzene rings is 3. The van der Waals surface area contributed by atoms with Gasteiger partial charge in [0.25, 0.3) is 5.91 Å². The van der Waals surface area contributed by atoms with Crippen molar-refractivity contribution in [1.82, 2.24) is 10.3 Å². The second-order valence-corrected chi connectivity index (χ2v) is 8.62. The molecule has 1 aromatic heterocycles. The second-order valence-electron chi connectivity index (χ2n) is 8.62. The topological polar surface area (TPSA) is 107 Å². The van der Waals surface area contributed by atoms with Crippen LogP contribution >= 0.6 is 0 Å². The lowest BCUT2D eigenvalue weighted by Gasteiger charge is -2.19. The third-order valence-corrected chi connectivity index (χ3v) is 5.78. The van der Waals surface area contributed by atoms with Crippen LogP contribution in [0, 0.1) is 11.3 Å². The van der Waals surface area contributed by atoms with Crippen LogP contribution in [0.15, 0.2) is 72.9 Å². The molecule has 38 heavy (non-hydrogen) atoms. The van der Waals surface area contributed by atoms with Crippen molar-refractivity contribution in [2.24, 2.45) is 0 Å². The maximum Gasteiger partial charge on any atom is 0.573 e. The van der Waals surface area contributed by atoms with Crippen molar-refractivity contribution in [1.29, 1.82) is 5.26 Å². The monoisotopic (exact) mass is 520 g/mol. The number of fused-ring (bicyclic) bond motifs is 1. The van der Waals surface area contributed by atoms with Gasteiger partial charge < -0.3 is 20.4 Å². The molecule has 1 heterocycles. The maximum absolute atomic E-state index is 13.3. The lowest BCUT2D eigenvalue weighted by molar-refractivity contribution is -0.274. The van der Waals surface area contributed by atoms with Crippen molar-refractivity contribution < 1.29 is 27.5 Å². The molecule has 0 saturated heterocycles. The van der Waals surface area contributed by atoms with Gasteiger partial charge in [-0.05, 0) is 53.4 Å². The van der Waals surface area contributed by atoms with E-state index in [4.69, 9.17) is 0 Å². The summed E-state index contributed by atoms with van der Waals surface area (Å²) in [6.07, 6.45) is -3.00. The second kappa shape index (κ2) is 11.1. The summed E-state index contributed by atoms with van der Waals surface area (Å²) in [6, 6.07) is 19.3. The van der Waals surface area contributed by atoms with Gasteiger partial charge in [-0.15, -0.1) is 13.2 Å². The molecule has 0 aliphatic carbocycles. The molecule has 7 nitrogen and oxygen atoms in total.